The monoisotopic (exact) mass is 293 g/mol. The van der Waals surface area contributed by atoms with Gasteiger partial charge in [0.25, 0.3) is 0 Å². The van der Waals surface area contributed by atoms with Crippen LogP contribution < -0.4 is 5.32 Å². The largest absolute Gasteiger partial charge is 0.314 e. The number of hydrogen-bond donors (Lipinski definition) is 1. The van der Waals surface area contributed by atoms with Gasteiger partial charge in [0, 0.05) is 18.4 Å². The van der Waals surface area contributed by atoms with Crippen LogP contribution in [0.2, 0.25) is 0 Å². The maximum absolute atomic E-state index is 4.49. The highest BCUT2D eigenvalue weighted by atomic mass is 32.1. The van der Waals surface area contributed by atoms with Crippen molar-refractivity contribution in [2.45, 2.75) is 82.6 Å². The molecule has 0 aliphatic heterocycles. The van der Waals surface area contributed by atoms with E-state index in [9.17, 15) is 0 Å². The summed E-state index contributed by atoms with van der Waals surface area (Å²) >= 11 is 1.88. The van der Waals surface area contributed by atoms with Crippen molar-refractivity contribution in [2.24, 2.45) is 0 Å². The van der Waals surface area contributed by atoms with Crippen molar-refractivity contribution in [2.75, 3.05) is 6.54 Å². The van der Waals surface area contributed by atoms with Gasteiger partial charge in [-0.1, -0.05) is 32.1 Å². The Balaban J connectivity index is 1.44. The lowest BCUT2D eigenvalue weighted by atomic mass is 9.92. The Morgan fingerprint density at radius 1 is 0.950 bits per heavy atom. The zero-order chi connectivity index (χ0) is 13.6. The van der Waals surface area contributed by atoms with E-state index in [0.29, 0.717) is 5.92 Å². The molecule has 0 spiro atoms. The highest BCUT2D eigenvalue weighted by Crippen LogP contribution is 2.32. The van der Waals surface area contributed by atoms with Crippen molar-refractivity contribution in [1.29, 1.82) is 0 Å². The zero-order valence-corrected chi connectivity index (χ0v) is 13.3. The number of hydrogen-bond acceptors (Lipinski definition) is 4. The van der Waals surface area contributed by atoms with Crippen LogP contribution >= 0.6 is 11.3 Å². The Hall–Kier alpha value is -0.480. The molecule has 1 aromatic rings. The lowest BCUT2D eigenvalue weighted by Gasteiger charge is -2.16. The van der Waals surface area contributed by atoms with Crippen molar-refractivity contribution in [3.8, 4) is 0 Å². The second-order valence-corrected chi connectivity index (χ2v) is 7.50. The molecule has 0 aromatic carbocycles. The fourth-order valence-electron chi connectivity index (χ4n) is 3.07. The quantitative estimate of drug-likeness (QED) is 0.804. The van der Waals surface area contributed by atoms with E-state index in [-0.39, 0.29) is 0 Å². The first-order valence-corrected chi connectivity index (χ1v) is 9.29. The summed E-state index contributed by atoms with van der Waals surface area (Å²) < 4.78 is 0. The minimum absolute atomic E-state index is 0.700. The van der Waals surface area contributed by atoms with Gasteiger partial charge >= 0.3 is 0 Å². The lowest BCUT2D eigenvalue weighted by molar-refractivity contribution is 0.453. The van der Waals surface area contributed by atoms with Gasteiger partial charge in [-0.2, -0.15) is 0 Å². The minimum atomic E-state index is 0.700. The first kappa shape index (κ1) is 14.5. The van der Waals surface area contributed by atoms with Crippen molar-refractivity contribution < 1.29 is 0 Å². The normalized spacial score (nSPS) is 21.6. The summed E-state index contributed by atoms with van der Waals surface area (Å²) in [6.07, 6.45) is 14.7. The summed E-state index contributed by atoms with van der Waals surface area (Å²) in [5, 5.41) is 15.0. The van der Waals surface area contributed by atoms with Gasteiger partial charge in [0.15, 0.2) is 0 Å². The highest BCUT2D eigenvalue weighted by molar-refractivity contribution is 7.11. The van der Waals surface area contributed by atoms with E-state index in [1.54, 1.807) is 0 Å². The summed E-state index contributed by atoms with van der Waals surface area (Å²) in [7, 11) is 0. The van der Waals surface area contributed by atoms with Gasteiger partial charge in [-0.25, -0.2) is 0 Å². The van der Waals surface area contributed by atoms with Crippen LogP contribution in [0.4, 0.5) is 0 Å². The fraction of sp³-hybridized carbons (Fsp3) is 0.875. The molecule has 3 nitrogen and oxygen atoms in total. The molecule has 4 heteroatoms. The van der Waals surface area contributed by atoms with Gasteiger partial charge < -0.3 is 5.32 Å². The number of rotatable bonds is 6. The van der Waals surface area contributed by atoms with Gasteiger partial charge in [-0.05, 0) is 38.6 Å². The Kier molecular flexibility index (Phi) is 5.43. The molecule has 0 saturated heterocycles. The van der Waals surface area contributed by atoms with Crippen LogP contribution in [0.25, 0.3) is 0 Å². The molecular weight excluding hydrogens is 266 g/mol. The number of aromatic nitrogens is 2. The van der Waals surface area contributed by atoms with E-state index in [4.69, 9.17) is 0 Å². The Morgan fingerprint density at radius 2 is 1.70 bits per heavy atom. The molecule has 112 valence electrons. The smallest absolute Gasteiger partial charge is 0.120 e. The van der Waals surface area contributed by atoms with Gasteiger partial charge in [-0.15, -0.1) is 21.5 Å². The molecule has 0 unspecified atom stereocenters. The molecule has 2 saturated carbocycles. The van der Waals surface area contributed by atoms with E-state index >= 15 is 0 Å². The van der Waals surface area contributed by atoms with Crippen LogP contribution in [-0.2, 0) is 6.42 Å². The molecule has 0 radical (unpaired) electrons. The summed E-state index contributed by atoms with van der Waals surface area (Å²) in [6, 6.07) is 0.829. The van der Waals surface area contributed by atoms with E-state index in [2.05, 4.69) is 15.5 Å². The molecule has 0 bridgehead atoms. The Labute approximate surface area is 126 Å². The molecule has 1 heterocycles. The average molecular weight is 293 g/mol. The summed E-state index contributed by atoms with van der Waals surface area (Å²) in [4.78, 5) is 0. The summed E-state index contributed by atoms with van der Waals surface area (Å²) in [5.41, 5.74) is 0. The average Bonchev–Trinajstić information content (AvgIpc) is 3.12. The predicted octanol–water partition coefficient (Wildman–Crippen LogP) is 4.05. The van der Waals surface area contributed by atoms with Crippen molar-refractivity contribution in [1.82, 2.24) is 15.5 Å². The minimum Gasteiger partial charge on any atom is -0.314 e. The van der Waals surface area contributed by atoms with Crippen LogP contribution in [-0.4, -0.2) is 22.8 Å². The maximum Gasteiger partial charge on any atom is 0.120 e. The second kappa shape index (κ2) is 7.51. The van der Waals surface area contributed by atoms with Crippen LogP contribution in [0.15, 0.2) is 0 Å². The Bertz CT molecular complexity index is 392. The third-order valence-corrected chi connectivity index (χ3v) is 5.66. The summed E-state index contributed by atoms with van der Waals surface area (Å²) in [5.74, 6) is 0.700. The van der Waals surface area contributed by atoms with Gasteiger partial charge in [0.05, 0.1) is 0 Å². The molecular formula is C16H27N3S. The fourth-order valence-corrected chi connectivity index (χ4v) is 4.12. The molecule has 20 heavy (non-hydrogen) atoms. The summed E-state index contributed by atoms with van der Waals surface area (Å²) in [6.45, 7) is 1.14. The maximum atomic E-state index is 4.49. The third kappa shape index (κ3) is 4.52. The van der Waals surface area contributed by atoms with Gasteiger partial charge in [-0.3, -0.25) is 0 Å². The molecule has 2 aliphatic carbocycles. The highest BCUT2D eigenvalue weighted by Gasteiger charge is 2.20. The van der Waals surface area contributed by atoms with Crippen molar-refractivity contribution >= 4 is 11.3 Å². The lowest BCUT2D eigenvalue weighted by Crippen LogP contribution is -2.17. The standard InChI is InChI=1S/C16H27N3S/c1-2-4-7-13(8-5-3-1)16-19-18-15(20-16)9-6-12-17-14-10-11-14/h13-14,17H,1-12H2. The van der Waals surface area contributed by atoms with Gasteiger partial charge in [0.1, 0.15) is 10.0 Å². The topological polar surface area (TPSA) is 37.8 Å². The first-order chi connectivity index (χ1) is 9.92. The number of aryl methyl sites for hydroxylation is 1. The molecule has 3 rings (SSSR count). The van der Waals surface area contributed by atoms with E-state index in [1.807, 2.05) is 11.3 Å². The van der Waals surface area contributed by atoms with Crippen LogP contribution in [0.1, 0.15) is 80.1 Å². The molecule has 2 fully saturated rings. The van der Waals surface area contributed by atoms with Crippen molar-refractivity contribution in [3.63, 3.8) is 0 Å². The first-order valence-electron chi connectivity index (χ1n) is 8.47. The van der Waals surface area contributed by atoms with Crippen LogP contribution in [0.5, 0.6) is 0 Å². The molecule has 1 N–H and O–H groups in total. The number of nitrogens with one attached hydrogen (secondary N) is 1. The molecule has 0 amide bonds. The van der Waals surface area contributed by atoms with E-state index in [0.717, 1.165) is 19.0 Å². The molecule has 1 aromatic heterocycles. The van der Waals surface area contributed by atoms with Crippen LogP contribution in [0.3, 0.4) is 0 Å². The predicted molar refractivity (Wildman–Crippen MR) is 84.3 cm³/mol. The van der Waals surface area contributed by atoms with Gasteiger partial charge in [0.2, 0.25) is 0 Å². The Morgan fingerprint density at radius 3 is 2.45 bits per heavy atom. The number of nitrogens with zero attached hydrogens (tertiary/aromatic N) is 2. The second-order valence-electron chi connectivity index (χ2n) is 6.41. The zero-order valence-electron chi connectivity index (χ0n) is 12.4. The van der Waals surface area contributed by atoms with Crippen molar-refractivity contribution in [3.05, 3.63) is 10.0 Å². The van der Waals surface area contributed by atoms with E-state index < -0.39 is 0 Å². The molecule has 2 aliphatic rings. The molecule has 0 atom stereocenters. The van der Waals surface area contributed by atoms with Crippen LogP contribution in [0, 0.1) is 0 Å². The SMILES string of the molecule is C1CCCC(c2nnc(CCCNC3CC3)s2)CCC1. The van der Waals surface area contributed by atoms with E-state index in [1.165, 1.54) is 74.2 Å². The third-order valence-electron chi connectivity index (χ3n) is 4.51.